The SMILES string of the molecule is O=C(NC/C=C/S(=O)(=O)c1ccccc1)c1cc2c([nH]c1=O)CCN(C(=O)OCC1CC1(F)F)C2. The molecule has 186 valence electrons. The van der Waals surface area contributed by atoms with Crippen LogP contribution in [0.3, 0.4) is 0 Å². The maximum atomic E-state index is 13.0. The van der Waals surface area contributed by atoms with Gasteiger partial charge < -0.3 is 19.9 Å². The molecule has 9 nitrogen and oxygen atoms in total. The molecule has 2 aromatic rings. The predicted octanol–water partition coefficient (Wildman–Crippen LogP) is 2.24. The number of hydrogen-bond acceptors (Lipinski definition) is 6. The fourth-order valence-corrected chi connectivity index (χ4v) is 4.70. The van der Waals surface area contributed by atoms with Gasteiger partial charge in [0.1, 0.15) is 12.2 Å². The molecular formula is C23H23F2N3O6S. The number of carbonyl (C=O) groups is 2. The van der Waals surface area contributed by atoms with Crippen LogP contribution in [-0.2, 0) is 27.5 Å². The summed E-state index contributed by atoms with van der Waals surface area (Å²) in [5, 5.41) is 3.44. The fraction of sp³-hybridized carbons (Fsp3) is 0.348. The molecule has 4 rings (SSSR count). The number of alkyl halides is 2. The monoisotopic (exact) mass is 507 g/mol. The molecule has 0 bridgehead atoms. The van der Waals surface area contributed by atoms with Gasteiger partial charge in [0.05, 0.1) is 17.4 Å². The van der Waals surface area contributed by atoms with Gasteiger partial charge in [0.2, 0.25) is 0 Å². The van der Waals surface area contributed by atoms with Crippen LogP contribution in [0.5, 0.6) is 0 Å². The summed E-state index contributed by atoms with van der Waals surface area (Å²) in [5.74, 6) is -4.45. The first-order valence-electron chi connectivity index (χ1n) is 10.9. The number of nitrogens with zero attached hydrogens (tertiary/aromatic N) is 1. The zero-order valence-corrected chi connectivity index (χ0v) is 19.3. The Bertz CT molecular complexity index is 1320. The molecule has 1 atom stereocenters. The molecule has 1 aliphatic heterocycles. The van der Waals surface area contributed by atoms with Crippen molar-refractivity contribution in [1.82, 2.24) is 15.2 Å². The van der Waals surface area contributed by atoms with Crippen LogP contribution < -0.4 is 10.9 Å². The number of carbonyl (C=O) groups excluding carboxylic acids is 2. The van der Waals surface area contributed by atoms with Crippen LogP contribution in [0.1, 0.15) is 28.0 Å². The standard InChI is InChI=1S/C23H23F2N3O6S/c24-23(25)12-16(23)14-34-22(31)28-9-7-19-15(13-28)11-18(21(30)27-19)20(29)26-8-4-10-35(32,33)17-5-2-1-3-6-17/h1-6,10-11,16H,7-9,12-14H2,(H,26,29)(H,27,30)/b10-4+. The highest BCUT2D eigenvalue weighted by atomic mass is 32.2. The number of hydrogen-bond donors (Lipinski definition) is 2. The molecule has 0 saturated heterocycles. The molecule has 12 heteroatoms. The molecule has 35 heavy (non-hydrogen) atoms. The Morgan fingerprint density at radius 3 is 2.66 bits per heavy atom. The third kappa shape index (κ3) is 5.76. The number of rotatable bonds is 7. The summed E-state index contributed by atoms with van der Waals surface area (Å²) >= 11 is 0. The van der Waals surface area contributed by atoms with E-state index in [0.717, 1.165) is 5.41 Å². The number of aromatic nitrogens is 1. The first kappa shape index (κ1) is 24.6. The number of halogens is 2. The highest BCUT2D eigenvalue weighted by molar-refractivity contribution is 7.94. The fourth-order valence-electron chi connectivity index (χ4n) is 3.66. The molecule has 1 aliphatic carbocycles. The predicted molar refractivity (Wildman–Crippen MR) is 121 cm³/mol. The first-order chi connectivity index (χ1) is 16.6. The molecule has 0 radical (unpaired) electrons. The van der Waals surface area contributed by atoms with Crippen molar-refractivity contribution in [3.8, 4) is 0 Å². The van der Waals surface area contributed by atoms with Crippen LogP contribution in [0, 0.1) is 5.92 Å². The van der Waals surface area contributed by atoms with Crippen LogP contribution in [-0.4, -0.2) is 55.9 Å². The van der Waals surface area contributed by atoms with Gasteiger partial charge in [-0.25, -0.2) is 22.0 Å². The number of fused-ring (bicyclic) bond motifs is 1. The quantitative estimate of drug-likeness (QED) is 0.592. The van der Waals surface area contributed by atoms with Gasteiger partial charge in [-0.15, -0.1) is 0 Å². The minimum absolute atomic E-state index is 0.0432. The minimum Gasteiger partial charge on any atom is -0.449 e. The van der Waals surface area contributed by atoms with Crippen molar-refractivity contribution >= 4 is 21.8 Å². The van der Waals surface area contributed by atoms with Gasteiger partial charge in [-0.2, -0.15) is 0 Å². The van der Waals surface area contributed by atoms with E-state index >= 15 is 0 Å². The van der Waals surface area contributed by atoms with Gasteiger partial charge in [-0.1, -0.05) is 24.3 Å². The summed E-state index contributed by atoms with van der Waals surface area (Å²) < 4.78 is 55.4. The van der Waals surface area contributed by atoms with Crippen molar-refractivity contribution in [3.63, 3.8) is 0 Å². The van der Waals surface area contributed by atoms with Crippen molar-refractivity contribution in [3.05, 3.63) is 75.1 Å². The van der Waals surface area contributed by atoms with E-state index < -0.39 is 39.2 Å². The summed E-state index contributed by atoms with van der Waals surface area (Å²) in [7, 11) is -3.66. The van der Waals surface area contributed by atoms with Gasteiger partial charge in [-0.3, -0.25) is 9.59 Å². The third-order valence-corrected chi connectivity index (χ3v) is 7.28. The first-order valence-corrected chi connectivity index (χ1v) is 12.4. The average Bonchev–Trinajstić information content (AvgIpc) is 3.46. The molecule has 1 aromatic heterocycles. The van der Waals surface area contributed by atoms with Crippen molar-refractivity contribution < 1.29 is 31.5 Å². The minimum atomic E-state index is -3.66. The van der Waals surface area contributed by atoms with Gasteiger partial charge in [0, 0.05) is 37.0 Å². The number of H-pyrrole nitrogens is 1. The zero-order valence-electron chi connectivity index (χ0n) is 18.5. The number of amides is 2. The molecule has 1 aromatic carbocycles. The van der Waals surface area contributed by atoms with Gasteiger partial charge >= 0.3 is 6.09 Å². The summed E-state index contributed by atoms with van der Waals surface area (Å²) in [4.78, 5) is 41.2. The van der Waals surface area contributed by atoms with Crippen molar-refractivity contribution in [2.75, 3.05) is 19.7 Å². The summed E-state index contributed by atoms with van der Waals surface area (Å²) in [6.07, 6.45) is 0.533. The van der Waals surface area contributed by atoms with Crippen LogP contribution >= 0.6 is 0 Å². The maximum absolute atomic E-state index is 13.0. The van der Waals surface area contributed by atoms with E-state index in [-0.39, 0.29) is 43.1 Å². The molecule has 1 unspecified atom stereocenters. The smallest absolute Gasteiger partial charge is 0.410 e. The topological polar surface area (TPSA) is 126 Å². The van der Waals surface area contributed by atoms with Crippen molar-refractivity contribution in [1.29, 1.82) is 0 Å². The lowest BCUT2D eigenvalue weighted by Gasteiger charge is -2.28. The Morgan fingerprint density at radius 1 is 1.26 bits per heavy atom. The zero-order chi connectivity index (χ0) is 25.2. The number of aromatic amines is 1. The molecule has 1 fully saturated rings. The lowest BCUT2D eigenvalue weighted by Crippen LogP contribution is -2.39. The molecule has 0 spiro atoms. The van der Waals surface area contributed by atoms with Crippen LogP contribution in [0.4, 0.5) is 13.6 Å². The lowest BCUT2D eigenvalue weighted by molar-refractivity contribution is 0.0578. The summed E-state index contributed by atoms with van der Waals surface area (Å²) in [6.45, 7) is -0.218. The Balaban J connectivity index is 1.36. The number of nitrogens with one attached hydrogen (secondary N) is 2. The molecule has 2 heterocycles. The van der Waals surface area contributed by atoms with Gasteiger partial charge in [0.15, 0.2) is 9.84 Å². The van der Waals surface area contributed by atoms with Gasteiger partial charge in [0.25, 0.3) is 17.4 Å². The number of pyridine rings is 1. The van der Waals surface area contributed by atoms with E-state index in [0.29, 0.717) is 17.7 Å². The molecule has 1 saturated carbocycles. The Labute approximate surface area is 199 Å². The Morgan fingerprint density at radius 2 is 1.97 bits per heavy atom. The number of ether oxygens (including phenoxy) is 1. The van der Waals surface area contributed by atoms with E-state index in [2.05, 4.69) is 10.3 Å². The summed E-state index contributed by atoms with van der Waals surface area (Å²) in [5.41, 5.74) is 0.278. The molecule has 2 N–H and O–H groups in total. The average molecular weight is 508 g/mol. The molecule has 2 aliphatic rings. The van der Waals surface area contributed by atoms with Crippen LogP contribution in [0.15, 0.2) is 57.6 Å². The van der Waals surface area contributed by atoms with Crippen molar-refractivity contribution in [2.24, 2.45) is 5.92 Å². The lowest BCUT2D eigenvalue weighted by atomic mass is 10.0. The number of sulfone groups is 1. The summed E-state index contributed by atoms with van der Waals surface area (Å²) in [6, 6.07) is 9.14. The van der Waals surface area contributed by atoms with E-state index in [9.17, 15) is 31.6 Å². The van der Waals surface area contributed by atoms with Gasteiger partial charge in [-0.05, 0) is 23.8 Å². The normalized spacial score (nSPS) is 18.7. The third-order valence-electron chi connectivity index (χ3n) is 5.80. The number of benzene rings is 1. The molecule has 2 amide bonds. The maximum Gasteiger partial charge on any atom is 0.410 e. The van der Waals surface area contributed by atoms with Crippen LogP contribution in [0.2, 0.25) is 0 Å². The second kappa shape index (κ2) is 9.61. The largest absolute Gasteiger partial charge is 0.449 e. The van der Waals surface area contributed by atoms with Crippen LogP contribution in [0.25, 0.3) is 0 Å². The van der Waals surface area contributed by atoms with E-state index in [1.165, 1.54) is 29.2 Å². The highest BCUT2D eigenvalue weighted by Crippen LogP contribution is 2.48. The highest BCUT2D eigenvalue weighted by Gasteiger charge is 2.57. The second-order valence-electron chi connectivity index (χ2n) is 8.37. The van der Waals surface area contributed by atoms with Crippen molar-refractivity contribution in [2.45, 2.75) is 30.2 Å². The second-order valence-corrected chi connectivity index (χ2v) is 10.2. The van der Waals surface area contributed by atoms with E-state index in [1.807, 2.05) is 0 Å². The Hall–Kier alpha value is -3.54. The van der Waals surface area contributed by atoms with E-state index in [1.54, 1.807) is 18.2 Å². The van der Waals surface area contributed by atoms with E-state index in [4.69, 9.17) is 4.74 Å². The molecular weight excluding hydrogens is 484 g/mol. The Kier molecular flexibility index (Phi) is 6.75.